The van der Waals surface area contributed by atoms with Crippen molar-refractivity contribution in [2.75, 3.05) is 26.2 Å². The van der Waals surface area contributed by atoms with Crippen LogP contribution in [-0.4, -0.2) is 95.2 Å². The second-order valence-corrected chi connectivity index (χ2v) is 9.39. The van der Waals surface area contributed by atoms with E-state index in [1.807, 2.05) is 30.3 Å². The second-order valence-electron chi connectivity index (χ2n) is 9.39. The number of hydrogen-bond donors (Lipinski definition) is 4. The molecule has 0 amide bonds. The molecule has 0 atom stereocenters. The van der Waals surface area contributed by atoms with Gasteiger partial charge < -0.3 is 20.4 Å². The highest BCUT2D eigenvalue weighted by molar-refractivity contribution is 6.02. The van der Waals surface area contributed by atoms with Gasteiger partial charge in [-0.15, -0.1) is 0 Å². The summed E-state index contributed by atoms with van der Waals surface area (Å²) in [7, 11) is 0. The summed E-state index contributed by atoms with van der Waals surface area (Å²) in [4.78, 5) is 60.8. The van der Waals surface area contributed by atoms with Gasteiger partial charge in [0.1, 0.15) is 0 Å². The van der Waals surface area contributed by atoms with E-state index in [9.17, 15) is 39.6 Å². The van der Waals surface area contributed by atoms with E-state index >= 15 is 0 Å². The fourth-order valence-corrected chi connectivity index (χ4v) is 4.39. The summed E-state index contributed by atoms with van der Waals surface area (Å²) in [5.74, 6) is 1.12. The van der Waals surface area contributed by atoms with E-state index in [1.54, 1.807) is 24.5 Å². The van der Waals surface area contributed by atoms with Gasteiger partial charge in [0.15, 0.2) is 0 Å². The maximum absolute atomic E-state index is 11.3. The molecule has 0 aliphatic carbocycles. The Hall–Kier alpha value is -5.45. The Morgan fingerprint density at radius 1 is 0.643 bits per heavy atom. The van der Waals surface area contributed by atoms with E-state index in [0.29, 0.717) is 11.1 Å². The lowest BCUT2D eigenvalue weighted by Gasteiger charge is -2.20. The van der Waals surface area contributed by atoms with Crippen molar-refractivity contribution in [1.29, 1.82) is 0 Å². The van der Waals surface area contributed by atoms with Gasteiger partial charge in [-0.2, -0.15) is 0 Å². The Morgan fingerprint density at radius 2 is 1.14 bits per heavy atom. The molecule has 4 N–H and O–H groups in total. The van der Waals surface area contributed by atoms with E-state index in [1.165, 1.54) is 0 Å². The molecule has 214 valence electrons. The molecule has 13 nitrogen and oxygen atoms in total. The summed E-state index contributed by atoms with van der Waals surface area (Å²) in [6, 6.07) is 12.6. The molecule has 3 heterocycles. The van der Waals surface area contributed by atoms with Gasteiger partial charge in [-0.1, -0.05) is 30.0 Å². The number of carboxylic acid groups (broad SMARTS) is 4. The maximum Gasteiger partial charge on any atom is 0.317 e. The lowest BCUT2D eigenvalue weighted by Crippen LogP contribution is -2.35. The van der Waals surface area contributed by atoms with Gasteiger partial charge >= 0.3 is 23.9 Å². The fourth-order valence-electron chi connectivity index (χ4n) is 4.39. The maximum atomic E-state index is 11.3. The van der Waals surface area contributed by atoms with Crippen LogP contribution in [0.25, 0.3) is 21.8 Å². The molecular formula is C29H25N5O8. The third-order valence-electron chi connectivity index (χ3n) is 5.91. The Balaban J connectivity index is 1.70. The molecule has 4 aromatic rings. The van der Waals surface area contributed by atoms with Gasteiger partial charge in [-0.3, -0.25) is 43.9 Å². The minimum absolute atomic E-state index is 0.156. The monoisotopic (exact) mass is 571 g/mol. The lowest BCUT2D eigenvalue weighted by molar-refractivity contribution is -0.144. The summed E-state index contributed by atoms with van der Waals surface area (Å²) in [6.07, 6.45) is 3.30. The number of fused-ring (bicyclic) bond motifs is 3. The molecule has 0 radical (unpaired) electrons. The highest BCUT2D eigenvalue weighted by atomic mass is 16.4. The topological polar surface area (TPSA) is 194 Å². The minimum Gasteiger partial charge on any atom is -0.480 e. The van der Waals surface area contributed by atoms with Crippen molar-refractivity contribution in [3.05, 3.63) is 77.4 Å². The van der Waals surface area contributed by atoms with Gasteiger partial charge in [-0.25, -0.2) is 0 Å². The number of hydrogen-bond acceptors (Lipinski definition) is 9. The van der Waals surface area contributed by atoms with Crippen LogP contribution >= 0.6 is 0 Å². The average molecular weight is 572 g/mol. The van der Waals surface area contributed by atoms with Crippen molar-refractivity contribution >= 4 is 45.7 Å². The van der Waals surface area contributed by atoms with E-state index in [-0.39, 0.29) is 24.5 Å². The number of aliphatic carboxylic acids is 4. The predicted molar refractivity (Wildman–Crippen MR) is 148 cm³/mol. The molecule has 4 rings (SSSR count). The molecule has 3 aromatic heterocycles. The first-order valence-electron chi connectivity index (χ1n) is 12.5. The van der Waals surface area contributed by atoms with Crippen molar-refractivity contribution < 1.29 is 39.6 Å². The van der Waals surface area contributed by atoms with Gasteiger partial charge in [0.05, 0.1) is 48.6 Å². The average Bonchev–Trinajstić information content (AvgIpc) is 2.90. The number of aromatic nitrogens is 3. The molecule has 0 bridgehead atoms. The molecule has 0 fully saturated rings. The normalized spacial score (nSPS) is 11.0. The third-order valence-corrected chi connectivity index (χ3v) is 5.91. The molecule has 0 aliphatic rings. The second kappa shape index (κ2) is 13.3. The van der Waals surface area contributed by atoms with Gasteiger partial charge in [-0.05, 0) is 24.3 Å². The van der Waals surface area contributed by atoms with Crippen molar-refractivity contribution in [1.82, 2.24) is 24.8 Å². The first-order chi connectivity index (χ1) is 20.0. The van der Waals surface area contributed by atoms with Crippen LogP contribution in [0.1, 0.15) is 22.5 Å². The first kappa shape index (κ1) is 29.5. The third kappa shape index (κ3) is 8.28. The van der Waals surface area contributed by atoms with Crippen molar-refractivity contribution in [2.24, 2.45) is 0 Å². The SMILES string of the molecule is O=C(O)CN(CC(=O)O)Cc1cc(C#Cc2cnc3c(ccc4cccnc43)c2)cc(CN(CC(=O)O)CC(=O)O)n1. The molecule has 0 saturated heterocycles. The molecule has 42 heavy (non-hydrogen) atoms. The smallest absolute Gasteiger partial charge is 0.317 e. The number of pyridine rings is 3. The zero-order valence-corrected chi connectivity index (χ0v) is 22.1. The Kier molecular flexibility index (Phi) is 9.33. The van der Waals surface area contributed by atoms with Crippen LogP contribution in [0.15, 0.2) is 54.9 Å². The molecule has 0 aliphatic heterocycles. The van der Waals surface area contributed by atoms with Crippen LogP contribution < -0.4 is 0 Å². The Bertz CT molecular complexity index is 1660. The fraction of sp³-hybridized carbons (Fsp3) is 0.207. The zero-order valence-electron chi connectivity index (χ0n) is 22.1. The Labute approximate surface area is 238 Å². The van der Waals surface area contributed by atoms with Crippen LogP contribution in [0.4, 0.5) is 0 Å². The molecule has 0 saturated carbocycles. The zero-order chi connectivity index (χ0) is 30.2. The van der Waals surface area contributed by atoms with Crippen LogP contribution in [-0.2, 0) is 32.3 Å². The molecule has 0 unspecified atom stereocenters. The largest absolute Gasteiger partial charge is 0.480 e. The first-order valence-corrected chi connectivity index (χ1v) is 12.5. The summed E-state index contributed by atoms with van der Waals surface area (Å²) in [5, 5.41) is 38.6. The number of rotatable bonds is 12. The predicted octanol–water partition coefficient (Wildman–Crippen LogP) is 1.52. The van der Waals surface area contributed by atoms with Gasteiger partial charge in [0.2, 0.25) is 0 Å². The summed E-state index contributed by atoms with van der Waals surface area (Å²) < 4.78 is 0. The number of benzene rings is 1. The van der Waals surface area contributed by atoms with Crippen LogP contribution in [0, 0.1) is 11.8 Å². The van der Waals surface area contributed by atoms with Crippen LogP contribution in [0.2, 0.25) is 0 Å². The highest BCUT2D eigenvalue weighted by Crippen LogP contribution is 2.22. The van der Waals surface area contributed by atoms with Crippen molar-refractivity contribution in [3.63, 3.8) is 0 Å². The minimum atomic E-state index is -1.23. The molecule has 13 heteroatoms. The number of nitrogens with zero attached hydrogens (tertiary/aromatic N) is 5. The van der Waals surface area contributed by atoms with Crippen molar-refractivity contribution in [2.45, 2.75) is 13.1 Å². The van der Waals surface area contributed by atoms with E-state index in [2.05, 4.69) is 26.8 Å². The van der Waals surface area contributed by atoms with Gasteiger partial charge in [0.25, 0.3) is 0 Å². The number of carboxylic acids is 4. The quantitative estimate of drug-likeness (QED) is 0.141. The van der Waals surface area contributed by atoms with Gasteiger partial charge in [0, 0.05) is 47.4 Å². The highest BCUT2D eigenvalue weighted by Gasteiger charge is 2.18. The molecule has 0 spiro atoms. The van der Waals surface area contributed by atoms with E-state index < -0.39 is 50.1 Å². The summed E-state index contributed by atoms with van der Waals surface area (Å²) >= 11 is 0. The van der Waals surface area contributed by atoms with Crippen LogP contribution in [0.3, 0.4) is 0 Å². The standard InChI is InChI=1S/C29H25N5O8/c35-24(36)14-33(15-25(37)38)12-22-9-18(10-23(32-22)13-34(16-26(39)40)17-27(41)42)3-4-19-8-21-6-5-20-2-1-7-30-28(20)29(21)31-11-19/h1-2,5-11H,12-17H2,(H,35,36)(H,37,38)(H,39,40)(H,41,42). The van der Waals surface area contributed by atoms with E-state index in [0.717, 1.165) is 31.6 Å². The van der Waals surface area contributed by atoms with E-state index in [4.69, 9.17) is 0 Å². The van der Waals surface area contributed by atoms with Crippen molar-refractivity contribution in [3.8, 4) is 11.8 Å². The molecule has 1 aromatic carbocycles. The summed E-state index contributed by atoms with van der Waals surface area (Å²) in [6.45, 7) is -2.55. The molecular weight excluding hydrogens is 546 g/mol. The van der Waals surface area contributed by atoms with Crippen LogP contribution in [0.5, 0.6) is 0 Å². The number of carbonyl (C=O) groups is 4. The lowest BCUT2D eigenvalue weighted by atomic mass is 10.1. The Morgan fingerprint density at radius 3 is 1.69 bits per heavy atom. The summed E-state index contributed by atoms with van der Waals surface area (Å²) in [5.41, 5.74) is 3.05.